The predicted octanol–water partition coefficient (Wildman–Crippen LogP) is 2.70. The number of carbonyl (C=O) groups excluding carboxylic acids is 1. The number of hydrogen-bond donors (Lipinski definition) is 0. The molecule has 0 aliphatic carbocycles. The first-order valence-electron chi connectivity index (χ1n) is 6.44. The van der Waals surface area contributed by atoms with Gasteiger partial charge < -0.3 is 4.74 Å². The zero-order valence-electron chi connectivity index (χ0n) is 11.5. The Balaban J connectivity index is 4.34. The summed E-state index contributed by atoms with van der Waals surface area (Å²) in [5.74, 6) is 0.477. The van der Waals surface area contributed by atoms with Crippen molar-refractivity contribution in [3.05, 3.63) is 0 Å². The summed E-state index contributed by atoms with van der Waals surface area (Å²) in [5.41, 5.74) is 0. The molecule has 0 radical (unpaired) electrons. The van der Waals surface area contributed by atoms with E-state index >= 15 is 0 Å². The Kier molecular flexibility index (Phi) is 8.26. The Morgan fingerprint density at radius 2 is 1.75 bits per heavy atom. The summed E-state index contributed by atoms with van der Waals surface area (Å²) in [6.07, 6.45) is 2.17. The minimum atomic E-state index is -0.102. The maximum Gasteiger partial charge on any atom is 0.320 e. The monoisotopic (exact) mass is 229 g/mol. The van der Waals surface area contributed by atoms with Gasteiger partial charge in [-0.25, -0.2) is 0 Å². The van der Waals surface area contributed by atoms with E-state index in [1.54, 1.807) is 0 Å². The number of hydrogen-bond acceptors (Lipinski definition) is 3. The second-order valence-electron chi connectivity index (χ2n) is 4.60. The summed E-state index contributed by atoms with van der Waals surface area (Å²) in [5, 5.41) is 0. The van der Waals surface area contributed by atoms with Crippen LogP contribution >= 0.6 is 0 Å². The van der Waals surface area contributed by atoms with E-state index in [-0.39, 0.29) is 5.97 Å². The molecular weight excluding hydrogens is 202 g/mol. The second-order valence-corrected chi connectivity index (χ2v) is 4.60. The minimum absolute atomic E-state index is 0.102. The quantitative estimate of drug-likeness (QED) is 0.599. The van der Waals surface area contributed by atoms with Crippen molar-refractivity contribution < 1.29 is 9.53 Å². The van der Waals surface area contributed by atoms with Gasteiger partial charge in [0, 0.05) is 12.6 Å². The van der Waals surface area contributed by atoms with Crippen molar-refractivity contribution in [2.75, 3.05) is 19.7 Å². The Morgan fingerprint density at radius 3 is 2.12 bits per heavy atom. The molecule has 0 aromatic carbocycles. The fraction of sp³-hybridized carbons (Fsp3) is 0.923. The summed E-state index contributed by atoms with van der Waals surface area (Å²) in [6.45, 7) is 12.4. The molecule has 0 aromatic rings. The van der Waals surface area contributed by atoms with Gasteiger partial charge in [0.15, 0.2) is 0 Å². The maximum atomic E-state index is 11.5. The number of nitrogens with zero attached hydrogens (tertiary/aromatic N) is 1. The number of esters is 1. The average molecular weight is 229 g/mol. The SMILES string of the molecule is CCOC(=O)CN(CC(C)C)C(CC)CC. The van der Waals surface area contributed by atoms with E-state index in [9.17, 15) is 4.79 Å². The van der Waals surface area contributed by atoms with Crippen LogP contribution in [0.1, 0.15) is 47.5 Å². The summed E-state index contributed by atoms with van der Waals surface area (Å²) < 4.78 is 5.01. The third-order valence-corrected chi connectivity index (χ3v) is 2.70. The molecule has 0 bridgehead atoms. The maximum absolute atomic E-state index is 11.5. The van der Waals surface area contributed by atoms with Crippen LogP contribution in [0.4, 0.5) is 0 Å². The smallest absolute Gasteiger partial charge is 0.320 e. The van der Waals surface area contributed by atoms with Crippen LogP contribution in [0.15, 0.2) is 0 Å². The van der Waals surface area contributed by atoms with E-state index < -0.39 is 0 Å². The highest BCUT2D eigenvalue weighted by molar-refractivity contribution is 5.71. The fourth-order valence-corrected chi connectivity index (χ4v) is 1.99. The van der Waals surface area contributed by atoms with Gasteiger partial charge in [-0.05, 0) is 25.7 Å². The minimum Gasteiger partial charge on any atom is -0.465 e. The van der Waals surface area contributed by atoms with Gasteiger partial charge in [0.2, 0.25) is 0 Å². The molecule has 0 saturated carbocycles. The molecule has 0 atom stereocenters. The largest absolute Gasteiger partial charge is 0.465 e. The van der Waals surface area contributed by atoms with Crippen molar-refractivity contribution >= 4 is 5.97 Å². The second kappa shape index (κ2) is 8.57. The number of carbonyl (C=O) groups is 1. The van der Waals surface area contributed by atoms with Gasteiger partial charge in [0.05, 0.1) is 13.2 Å². The van der Waals surface area contributed by atoms with E-state index in [1.165, 1.54) is 0 Å². The van der Waals surface area contributed by atoms with Crippen molar-refractivity contribution in [3.63, 3.8) is 0 Å². The summed E-state index contributed by atoms with van der Waals surface area (Å²) in [6, 6.07) is 0.492. The van der Waals surface area contributed by atoms with E-state index in [0.29, 0.717) is 25.1 Å². The summed E-state index contributed by atoms with van der Waals surface area (Å²) in [4.78, 5) is 13.8. The molecule has 0 saturated heterocycles. The first-order valence-corrected chi connectivity index (χ1v) is 6.44. The van der Waals surface area contributed by atoms with E-state index in [2.05, 4.69) is 32.6 Å². The van der Waals surface area contributed by atoms with Crippen LogP contribution in [-0.4, -0.2) is 36.6 Å². The van der Waals surface area contributed by atoms with Crippen LogP contribution in [-0.2, 0) is 9.53 Å². The predicted molar refractivity (Wildman–Crippen MR) is 67.4 cm³/mol. The lowest BCUT2D eigenvalue weighted by Gasteiger charge is -2.30. The van der Waals surface area contributed by atoms with Crippen LogP contribution < -0.4 is 0 Å². The van der Waals surface area contributed by atoms with Gasteiger partial charge in [0.25, 0.3) is 0 Å². The summed E-state index contributed by atoms with van der Waals surface area (Å²) in [7, 11) is 0. The van der Waals surface area contributed by atoms with Gasteiger partial charge in [-0.3, -0.25) is 9.69 Å². The molecule has 0 aromatic heterocycles. The summed E-state index contributed by atoms with van der Waals surface area (Å²) >= 11 is 0. The molecule has 16 heavy (non-hydrogen) atoms. The lowest BCUT2D eigenvalue weighted by atomic mass is 10.1. The highest BCUT2D eigenvalue weighted by atomic mass is 16.5. The topological polar surface area (TPSA) is 29.5 Å². The number of ether oxygens (including phenoxy) is 1. The van der Waals surface area contributed by atoms with Gasteiger partial charge in [-0.15, -0.1) is 0 Å². The fourth-order valence-electron chi connectivity index (χ4n) is 1.99. The van der Waals surface area contributed by atoms with Crippen LogP contribution in [0.5, 0.6) is 0 Å². The van der Waals surface area contributed by atoms with Crippen molar-refractivity contribution in [1.29, 1.82) is 0 Å². The van der Waals surface area contributed by atoms with Crippen LogP contribution in [0.25, 0.3) is 0 Å². The molecule has 0 rings (SSSR count). The van der Waals surface area contributed by atoms with E-state index in [4.69, 9.17) is 4.74 Å². The Labute approximate surface area is 100 Å². The molecule has 0 N–H and O–H groups in total. The Morgan fingerprint density at radius 1 is 1.19 bits per heavy atom. The zero-order valence-corrected chi connectivity index (χ0v) is 11.5. The molecule has 3 nitrogen and oxygen atoms in total. The molecule has 3 heteroatoms. The molecule has 0 aliphatic rings. The third kappa shape index (κ3) is 6.11. The molecule has 0 spiro atoms. The highest BCUT2D eigenvalue weighted by Gasteiger charge is 2.19. The van der Waals surface area contributed by atoms with Crippen LogP contribution in [0, 0.1) is 5.92 Å². The van der Waals surface area contributed by atoms with Crippen LogP contribution in [0.2, 0.25) is 0 Å². The first-order chi connectivity index (χ1) is 7.54. The molecule has 0 aliphatic heterocycles. The zero-order chi connectivity index (χ0) is 12.6. The Bertz CT molecular complexity index is 188. The van der Waals surface area contributed by atoms with Crippen molar-refractivity contribution in [3.8, 4) is 0 Å². The highest BCUT2D eigenvalue weighted by Crippen LogP contribution is 2.11. The van der Waals surface area contributed by atoms with Crippen molar-refractivity contribution in [1.82, 2.24) is 4.90 Å². The molecule has 0 heterocycles. The van der Waals surface area contributed by atoms with Gasteiger partial charge in [-0.2, -0.15) is 0 Å². The first kappa shape index (κ1) is 15.4. The third-order valence-electron chi connectivity index (χ3n) is 2.70. The average Bonchev–Trinajstić information content (AvgIpc) is 2.18. The van der Waals surface area contributed by atoms with E-state index in [0.717, 1.165) is 19.4 Å². The normalized spacial score (nSPS) is 11.5. The lowest BCUT2D eigenvalue weighted by Crippen LogP contribution is -2.41. The molecule has 96 valence electrons. The standard InChI is InChI=1S/C13H27NO2/c1-6-12(7-2)14(9-11(4)5)10-13(15)16-8-3/h11-12H,6-10H2,1-5H3. The van der Waals surface area contributed by atoms with Crippen LogP contribution in [0.3, 0.4) is 0 Å². The van der Waals surface area contributed by atoms with Gasteiger partial charge in [-0.1, -0.05) is 27.7 Å². The lowest BCUT2D eigenvalue weighted by molar-refractivity contribution is -0.145. The molecular formula is C13H27NO2. The van der Waals surface area contributed by atoms with Crippen molar-refractivity contribution in [2.24, 2.45) is 5.92 Å². The molecule has 0 amide bonds. The van der Waals surface area contributed by atoms with Crippen molar-refractivity contribution in [2.45, 2.75) is 53.5 Å². The van der Waals surface area contributed by atoms with Gasteiger partial charge >= 0.3 is 5.97 Å². The molecule has 0 fully saturated rings. The molecule has 0 unspecified atom stereocenters. The number of rotatable bonds is 8. The van der Waals surface area contributed by atoms with E-state index in [1.807, 2.05) is 6.92 Å². The Hall–Kier alpha value is -0.570. The van der Waals surface area contributed by atoms with Gasteiger partial charge in [0.1, 0.15) is 0 Å².